The normalized spacial score (nSPS) is 15.5. The first-order chi connectivity index (χ1) is 11.7. The first-order valence-corrected chi connectivity index (χ1v) is 8.39. The van der Waals surface area contributed by atoms with Crippen molar-refractivity contribution >= 4 is 5.82 Å². The van der Waals surface area contributed by atoms with Crippen LogP contribution in [0.4, 0.5) is 5.82 Å². The number of nitrogens with zero attached hydrogens (tertiary/aromatic N) is 4. The Balaban J connectivity index is 1.83. The molecule has 1 saturated carbocycles. The Labute approximate surface area is 142 Å². The van der Waals surface area contributed by atoms with Crippen LogP contribution in [0, 0.1) is 5.92 Å². The molecule has 7 nitrogen and oxygen atoms in total. The fourth-order valence-electron chi connectivity index (χ4n) is 3.35. The van der Waals surface area contributed by atoms with Gasteiger partial charge in [-0.2, -0.15) is 5.10 Å². The van der Waals surface area contributed by atoms with Crippen LogP contribution in [0.3, 0.4) is 0 Å². The summed E-state index contributed by atoms with van der Waals surface area (Å²) < 4.78 is 12.6. The number of hydrogen-bond donors (Lipinski definition) is 1. The number of rotatable bonds is 7. The van der Waals surface area contributed by atoms with E-state index in [9.17, 15) is 0 Å². The van der Waals surface area contributed by atoms with Crippen molar-refractivity contribution in [3.05, 3.63) is 24.3 Å². The molecule has 0 aliphatic heterocycles. The van der Waals surface area contributed by atoms with E-state index in [0.29, 0.717) is 12.2 Å². The van der Waals surface area contributed by atoms with Crippen molar-refractivity contribution in [3.8, 4) is 11.3 Å². The molecule has 2 N–H and O–H groups in total. The molecule has 1 fully saturated rings. The van der Waals surface area contributed by atoms with Gasteiger partial charge in [0.25, 0.3) is 0 Å². The Bertz CT molecular complexity index is 663. The van der Waals surface area contributed by atoms with Gasteiger partial charge in [-0.25, -0.2) is 9.97 Å². The van der Waals surface area contributed by atoms with Crippen molar-refractivity contribution in [2.45, 2.75) is 44.9 Å². The zero-order valence-corrected chi connectivity index (χ0v) is 14.3. The second kappa shape index (κ2) is 7.72. The Morgan fingerprint density at radius 1 is 1.25 bits per heavy atom. The SMILES string of the molecule is COC(Cc1c(N)ncnc1-c1cnn(CC2CCCC2)c1)OC. The summed E-state index contributed by atoms with van der Waals surface area (Å²) in [4.78, 5) is 8.53. The molecule has 0 radical (unpaired) electrons. The highest BCUT2D eigenvalue weighted by Crippen LogP contribution is 2.28. The fraction of sp³-hybridized carbons (Fsp3) is 0.588. The van der Waals surface area contributed by atoms with Crippen molar-refractivity contribution in [2.75, 3.05) is 20.0 Å². The molecule has 1 aliphatic carbocycles. The van der Waals surface area contributed by atoms with Gasteiger partial charge in [-0.3, -0.25) is 4.68 Å². The highest BCUT2D eigenvalue weighted by Gasteiger charge is 2.19. The maximum absolute atomic E-state index is 6.07. The molecule has 2 aromatic heterocycles. The van der Waals surface area contributed by atoms with E-state index in [-0.39, 0.29) is 6.29 Å². The predicted molar refractivity (Wildman–Crippen MR) is 91.1 cm³/mol. The van der Waals surface area contributed by atoms with Crippen LogP contribution in [-0.2, 0) is 22.4 Å². The number of ether oxygens (including phenoxy) is 2. The number of nitrogens with two attached hydrogens (primary N) is 1. The Morgan fingerprint density at radius 3 is 2.71 bits per heavy atom. The van der Waals surface area contributed by atoms with E-state index in [2.05, 4.69) is 15.1 Å². The summed E-state index contributed by atoms with van der Waals surface area (Å²) in [5.41, 5.74) is 8.63. The average molecular weight is 331 g/mol. The van der Waals surface area contributed by atoms with Crippen LogP contribution >= 0.6 is 0 Å². The summed E-state index contributed by atoms with van der Waals surface area (Å²) in [6.45, 7) is 0.967. The third-order valence-corrected chi connectivity index (χ3v) is 4.70. The van der Waals surface area contributed by atoms with Crippen LogP contribution in [0.25, 0.3) is 11.3 Å². The second-order valence-electron chi connectivity index (χ2n) is 6.29. The van der Waals surface area contributed by atoms with Crippen molar-refractivity contribution < 1.29 is 9.47 Å². The van der Waals surface area contributed by atoms with E-state index in [1.54, 1.807) is 14.2 Å². The van der Waals surface area contributed by atoms with Crippen LogP contribution in [0.5, 0.6) is 0 Å². The van der Waals surface area contributed by atoms with E-state index in [1.165, 1.54) is 32.0 Å². The lowest BCUT2D eigenvalue weighted by atomic mass is 10.1. The zero-order valence-electron chi connectivity index (χ0n) is 14.3. The number of hydrogen-bond acceptors (Lipinski definition) is 6. The summed E-state index contributed by atoms with van der Waals surface area (Å²) in [7, 11) is 3.21. The third-order valence-electron chi connectivity index (χ3n) is 4.70. The number of aromatic nitrogens is 4. The number of methoxy groups -OCH3 is 2. The van der Waals surface area contributed by atoms with E-state index >= 15 is 0 Å². The summed E-state index contributed by atoms with van der Waals surface area (Å²) in [6.07, 6.45) is 10.7. The minimum atomic E-state index is -0.384. The van der Waals surface area contributed by atoms with Gasteiger partial charge >= 0.3 is 0 Å². The molecule has 1 aliphatic rings. The lowest BCUT2D eigenvalue weighted by molar-refractivity contribution is -0.100. The molecule has 0 spiro atoms. The maximum atomic E-state index is 6.07. The van der Waals surface area contributed by atoms with Gasteiger partial charge in [0.15, 0.2) is 6.29 Å². The summed E-state index contributed by atoms with van der Waals surface area (Å²) in [5, 5.41) is 4.50. The summed E-state index contributed by atoms with van der Waals surface area (Å²) >= 11 is 0. The molecule has 0 bridgehead atoms. The minimum Gasteiger partial charge on any atom is -0.383 e. The smallest absolute Gasteiger partial charge is 0.161 e. The second-order valence-corrected chi connectivity index (χ2v) is 6.29. The Hall–Kier alpha value is -1.99. The molecule has 24 heavy (non-hydrogen) atoms. The Morgan fingerprint density at radius 2 is 2.00 bits per heavy atom. The van der Waals surface area contributed by atoms with E-state index < -0.39 is 0 Å². The molecule has 0 amide bonds. The minimum absolute atomic E-state index is 0.384. The average Bonchev–Trinajstić information content (AvgIpc) is 3.26. The maximum Gasteiger partial charge on any atom is 0.161 e. The van der Waals surface area contributed by atoms with Gasteiger partial charge in [0, 0.05) is 44.5 Å². The fourth-order valence-corrected chi connectivity index (χ4v) is 3.35. The van der Waals surface area contributed by atoms with Gasteiger partial charge in [-0.15, -0.1) is 0 Å². The Kier molecular flexibility index (Phi) is 5.42. The van der Waals surface area contributed by atoms with Gasteiger partial charge in [0.1, 0.15) is 12.1 Å². The van der Waals surface area contributed by atoms with Gasteiger partial charge in [-0.05, 0) is 18.8 Å². The van der Waals surface area contributed by atoms with Gasteiger partial charge in [0.2, 0.25) is 0 Å². The molecule has 0 saturated heterocycles. The molecule has 3 rings (SSSR count). The molecule has 0 aromatic carbocycles. The summed E-state index contributed by atoms with van der Waals surface area (Å²) in [5.74, 6) is 1.18. The number of nitrogen functional groups attached to an aromatic ring is 1. The zero-order chi connectivity index (χ0) is 16.9. The van der Waals surface area contributed by atoms with Crippen molar-refractivity contribution in [2.24, 2.45) is 5.92 Å². The van der Waals surface area contributed by atoms with Crippen molar-refractivity contribution in [3.63, 3.8) is 0 Å². The topological polar surface area (TPSA) is 88.1 Å². The molecule has 2 aromatic rings. The van der Waals surface area contributed by atoms with E-state index in [0.717, 1.165) is 29.3 Å². The van der Waals surface area contributed by atoms with Gasteiger partial charge in [-0.1, -0.05) is 12.8 Å². The van der Waals surface area contributed by atoms with Crippen LogP contribution in [-0.4, -0.2) is 40.3 Å². The molecular weight excluding hydrogens is 306 g/mol. The van der Waals surface area contributed by atoms with Crippen molar-refractivity contribution in [1.82, 2.24) is 19.7 Å². The largest absolute Gasteiger partial charge is 0.383 e. The van der Waals surface area contributed by atoms with Crippen LogP contribution in [0.2, 0.25) is 0 Å². The lowest BCUT2D eigenvalue weighted by Crippen LogP contribution is -2.18. The van der Waals surface area contributed by atoms with E-state index in [1.807, 2.05) is 17.1 Å². The molecular formula is C17H25N5O2. The third kappa shape index (κ3) is 3.73. The molecule has 2 heterocycles. The van der Waals surface area contributed by atoms with Crippen LogP contribution < -0.4 is 5.73 Å². The standard InChI is InChI=1S/C17H25N5O2/c1-23-15(24-2)7-14-16(19-11-20-17(14)18)13-8-21-22(10-13)9-12-5-3-4-6-12/h8,10-12,15H,3-7,9H2,1-2H3,(H2,18,19,20). The van der Waals surface area contributed by atoms with Gasteiger partial charge in [0.05, 0.1) is 11.9 Å². The first kappa shape index (κ1) is 16.9. The van der Waals surface area contributed by atoms with Crippen LogP contribution in [0.1, 0.15) is 31.2 Å². The predicted octanol–water partition coefficient (Wildman–Crippen LogP) is 2.27. The molecule has 7 heteroatoms. The lowest BCUT2D eigenvalue weighted by Gasteiger charge is -2.16. The first-order valence-electron chi connectivity index (χ1n) is 8.39. The highest BCUT2D eigenvalue weighted by atomic mass is 16.7. The highest BCUT2D eigenvalue weighted by molar-refractivity contribution is 5.66. The molecule has 0 atom stereocenters. The van der Waals surface area contributed by atoms with E-state index in [4.69, 9.17) is 15.2 Å². The quantitative estimate of drug-likeness (QED) is 0.783. The molecule has 130 valence electrons. The summed E-state index contributed by atoms with van der Waals surface area (Å²) in [6, 6.07) is 0. The van der Waals surface area contributed by atoms with Crippen LogP contribution in [0.15, 0.2) is 18.7 Å². The van der Waals surface area contributed by atoms with Gasteiger partial charge < -0.3 is 15.2 Å². The molecule has 0 unspecified atom stereocenters. The van der Waals surface area contributed by atoms with Crippen molar-refractivity contribution in [1.29, 1.82) is 0 Å². The monoisotopic (exact) mass is 331 g/mol. The number of anilines is 1.